The lowest BCUT2D eigenvalue weighted by molar-refractivity contribution is 0.222. The molecule has 0 amide bonds. The molecule has 0 aliphatic rings. The maximum Gasteiger partial charge on any atom is 0.0462 e. The molecule has 84 valence electrons. The highest BCUT2D eigenvalue weighted by atomic mass is 16.3. The van der Waals surface area contributed by atoms with Crippen molar-refractivity contribution in [2.75, 3.05) is 6.61 Å². The third kappa shape index (κ3) is 2.82. The Morgan fingerprint density at radius 2 is 1.80 bits per heavy atom. The van der Waals surface area contributed by atoms with Crippen molar-refractivity contribution in [3.8, 4) is 0 Å². The third-order valence-corrected chi connectivity index (χ3v) is 3.51. The van der Waals surface area contributed by atoms with Gasteiger partial charge in [-0.2, -0.15) is 0 Å². The van der Waals surface area contributed by atoms with Crippen LogP contribution in [0.5, 0.6) is 0 Å². The second-order valence-corrected chi connectivity index (χ2v) is 4.45. The smallest absolute Gasteiger partial charge is 0.0462 e. The van der Waals surface area contributed by atoms with Crippen LogP contribution in [0, 0.1) is 26.7 Å². The molecule has 0 fully saturated rings. The Hall–Kier alpha value is -0.820. The van der Waals surface area contributed by atoms with E-state index in [-0.39, 0.29) is 0 Å². The highest BCUT2D eigenvalue weighted by Gasteiger charge is 2.09. The average Bonchev–Trinajstić information content (AvgIpc) is 2.25. The van der Waals surface area contributed by atoms with E-state index in [2.05, 4.69) is 39.8 Å². The number of hydrogen-bond donors (Lipinski definition) is 1. The molecule has 15 heavy (non-hydrogen) atoms. The molecule has 1 rings (SSSR count). The van der Waals surface area contributed by atoms with E-state index in [0.29, 0.717) is 12.5 Å². The van der Waals surface area contributed by atoms with E-state index in [1.807, 2.05) is 0 Å². The molecule has 0 aliphatic heterocycles. The molecule has 1 aromatic carbocycles. The Labute approximate surface area is 93.1 Å². The van der Waals surface area contributed by atoms with Crippen molar-refractivity contribution >= 4 is 0 Å². The summed E-state index contributed by atoms with van der Waals surface area (Å²) in [7, 11) is 0. The second-order valence-electron chi connectivity index (χ2n) is 4.45. The van der Waals surface area contributed by atoms with E-state index in [1.54, 1.807) is 0 Å². The van der Waals surface area contributed by atoms with Crippen LogP contribution in [0.2, 0.25) is 0 Å². The van der Waals surface area contributed by atoms with Crippen LogP contribution in [0.15, 0.2) is 12.1 Å². The number of rotatable bonds is 4. The normalized spacial score (nSPS) is 12.9. The summed E-state index contributed by atoms with van der Waals surface area (Å²) in [5.74, 6) is 0.408. The van der Waals surface area contributed by atoms with Crippen molar-refractivity contribution in [1.29, 1.82) is 0 Å². The molecule has 1 unspecified atom stereocenters. The van der Waals surface area contributed by atoms with Gasteiger partial charge in [-0.25, -0.2) is 0 Å². The van der Waals surface area contributed by atoms with Gasteiger partial charge in [0, 0.05) is 6.61 Å². The lowest BCUT2D eigenvalue weighted by Gasteiger charge is -2.16. The van der Waals surface area contributed by atoms with Crippen LogP contribution in [-0.2, 0) is 6.42 Å². The molecule has 1 heteroatoms. The van der Waals surface area contributed by atoms with Crippen molar-refractivity contribution in [2.24, 2.45) is 5.92 Å². The summed E-state index contributed by atoms with van der Waals surface area (Å²) in [5, 5.41) is 9.20. The van der Waals surface area contributed by atoms with Gasteiger partial charge in [0.15, 0.2) is 0 Å². The minimum atomic E-state index is 0.295. The molecular weight excluding hydrogens is 184 g/mol. The van der Waals surface area contributed by atoms with Gasteiger partial charge in [-0.05, 0) is 55.4 Å². The Morgan fingerprint density at radius 3 is 2.33 bits per heavy atom. The Morgan fingerprint density at radius 1 is 1.13 bits per heavy atom. The quantitative estimate of drug-likeness (QED) is 0.802. The van der Waals surface area contributed by atoms with E-state index in [0.717, 1.165) is 12.8 Å². The molecule has 0 bridgehead atoms. The van der Waals surface area contributed by atoms with Gasteiger partial charge >= 0.3 is 0 Å². The fraction of sp³-hybridized carbons (Fsp3) is 0.571. The fourth-order valence-electron chi connectivity index (χ4n) is 1.88. The predicted octanol–water partition coefficient (Wildman–Crippen LogP) is 3.17. The molecule has 1 nitrogen and oxygen atoms in total. The van der Waals surface area contributed by atoms with Gasteiger partial charge in [-0.1, -0.05) is 25.5 Å². The first-order chi connectivity index (χ1) is 7.10. The topological polar surface area (TPSA) is 20.2 Å². The summed E-state index contributed by atoms with van der Waals surface area (Å²) < 4.78 is 0. The minimum Gasteiger partial charge on any atom is -0.396 e. The number of aliphatic hydroxyl groups is 1. The summed E-state index contributed by atoms with van der Waals surface area (Å²) in [6, 6.07) is 4.39. The summed E-state index contributed by atoms with van der Waals surface area (Å²) >= 11 is 0. The van der Waals surface area contributed by atoms with Crippen LogP contribution in [0.1, 0.15) is 35.6 Å². The maximum absolute atomic E-state index is 9.20. The van der Waals surface area contributed by atoms with Crippen LogP contribution >= 0.6 is 0 Å². The molecule has 0 spiro atoms. The van der Waals surface area contributed by atoms with E-state index >= 15 is 0 Å². The zero-order valence-corrected chi connectivity index (χ0v) is 10.3. The van der Waals surface area contributed by atoms with Crippen molar-refractivity contribution in [2.45, 2.75) is 40.5 Å². The number of aliphatic hydroxyl groups excluding tert-OH is 1. The van der Waals surface area contributed by atoms with Gasteiger partial charge in [0.05, 0.1) is 0 Å². The van der Waals surface area contributed by atoms with Crippen molar-refractivity contribution in [3.63, 3.8) is 0 Å². The van der Waals surface area contributed by atoms with E-state index < -0.39 is 0 Å². The highest BCUT2D eigenvalue weighted by Crippen LogP contribution is 2.20. The lowest BCUT2D eigenvalue weighted by atomic mass is 9.91. The number of aryl methyl sites for hydroxylation is 1. The molecule has 0 radical (unpaired) electrons. The molecule has 1 aromatic rings. The zero-order chi connectivity index (χ0) is 11.4. The summed E-state index contributed by atoms with van der Waals surface area (Å²) in [6.07, 6.45) is 2.04. The Bertz CT molecular complexity index is 324. The monoisotopic (exact) mass is 206 g/mol. The third-order valence-electron chi connectivity index (χ3n) is 3.51. The van der Waals surface area contributed by atoms with Gasteiger partial charge in [0.25, 0.3) is 0 Å². The van der Waals surface area contributed by atoms with Gasteiger partial charge in [-0.15, -0.1) is 0 Å². The molecule has 0 saturated heterocycles. The molecule has 0 aromatic heterocycles. The first-order valence-corrected chi connectivity index (χ1v) is 5.76. The maximum atomic E-state index is 9.20. The van der Waals surface area contributed by atoms with E-state index in [9.17, 15) is 5.11 Å². The Balaban J connectivity index is 2.91. The average molecular weight is 206 g/mol. The van der Waals surface area contributed by atoms with Gasteiger partial charge in [0.1, 0.15) is 0 Å². The van der Waals surface area contributed by atoms with Crippen LogP contribution in [-0.4, -0.2) is 11.7 Å². The first-order valence-electron chi connectivity index (χ1n) is 5.76. The molecule has 0 aliphatic carbocycles. The predicted molar refractivity (Wildman–Crippen MR) is 65.2 cm³/mol. The summed E-state index contributed by atoms with van der Waals surface area (Å²) in [5.41, 5.74) is 5.52. The lowest BCUT2D eigenvalue weighted by Crippen LogP contribution is -2.09. The first kappa shape index (κ1) is 12.3. The van der Waals surface area contributed by atoms with Gasteiger partial charge in [-0.3, -0.25) is 0 Å². The summed E-state index contributed by atoms with van der Waals surface area (Å²) in [6.45, 7) is 8.94. The van der Waals surface area contributed by atoms with Crippen molar-refractivity contribution in [1.82, 2.24) is 0 Å². The van der Waals surface area contributed by atoms with Gasteiger partial charge in [0.2, 0.25) is 0 Å². The standard InChI is InChI=1S/C14H22O/c1-5-13(9-15)8-14-7-6-10(2)11(3)12(14)4/h6-7,13,15H,5,8-9H2,1-4H3. The zero-order valence-electron chi connectivity index (χ0n) is 10.3. The number of hydrogen-bond acceptors (Lipinski definition) is 1. The van der Waals surface area contributed by atoms with Crippen molar-refractivity contribution in [3.05, 3.63) is 34.4 Å². The number of benzene rings is 1. The van der Waals surface area contributed by atoms with Gasteiger partial charge < -0.3 is 5.11 Å². The molecular formula is C14H22O. The fourth-order valence-corrected chi connectivity index (χ4v) is 1.88. The largest absolute Gasteiger partial charge is 0.396 e. The van der Waals surface area contributed by atoms with Crippen LogP contribution in [0.4, 0.5) is 0 Å². The van der Waals surface area contributed by atoms with Crippen molar-refractivity contribution < 1.29 is 5.11 Å². The SMILES string of the molecule is CCC(CO)Cc1ccc(C)c(C)c1C. The second kappa shape index (κ2) is 5.32. The van der Waals surface area contributed by atoms with Crippen LogP contribution in [0.3, 0.4) is 0 Å². The minimum absolute atomic E-state index is 0.295. The van der Waals surface area contributed by atoms with Crippen LogP contribution < -0.4 is 0 Å². The summed E-state index contributed by atoms with van der Waals surface area (Å²) in [4.78, 5) is 0. The van der Waals surface area contributed by atoms with E-state index in [4.69, 9.17) is 0 Å². The molecule has 1 N–H and O–H groups in total. The molecule has 0 heterocycles. The molecule has 1 atom stereocenters. The molecule has 0 saturated carbocycles. The van der Waals surface area contributed by atoms with Crippen LogP contribution in [0.25, 0.3) is 0 Å². The highest BCUT2D eigenvalue weighted by molar-refractivity contribution is 5.38. The Kier molecular flexibility index (Phi) is 4.34. The van der Waals surface area contributed by atoms with E-state index in [1.165, 1.54) is 22.3 Å².